The fourth-order valence-corrected chi connectivity index (χ4v) is 5.14. The summed E-state index contributed by atoms with van der Waals surface area (Å²) >= 11 is 0. The maximum atomic E-state index is 14.6. The van der Waals surface area contributed by atoms with Gasteiger partial charge in [0.2, 0.25) is 0 Å². The average molecular weight is 506 g/mol. The minimum absolute atomic E-state index is 0.243. The quantitative estimate of drug-likeness (QED) is 0.278. The molecule has 6 aromatic rings. The largest absolute Gasteiger partial charge is 0.489 e. The van der Waals surface area contributed by atoms with E-state index in [-0.39, 0.29) is 11.9 Å². The molecule has 0 aliphatic heterocycles. The Labute approximate surface area is 217 Å². The lowest BCUT2D eigenvalue weighted by Gasteiger charge is -2.22. The molecule has 0 radical (unpaired) electrons. The lowest BCUT2D eigenvalue weighted by Crippen LogP contribution is -2.19. The van der Waals surface area contributed by atoms with E-state index in [0.717, 1.165) is 35.4 Å². The number of hydrogen-bond donors (Lipinski definition) is 2. The van der Waals surface area contributed by atoms with Gasteiger partial charge in [0.15, 0.2) is 17.2 Å². The lowest BCUT2D eigenvalue weighted by atomic mass is 9.98. The summed E-state index contributed by atoms with van der Waals surface area (Å²) in [6.45, 7) is 0. The third kappa shape index (κ3) is 4.06. The normalized spacial score (nSPS) is 14.3. The van der Waals surface area contributed by atoms with Crippen molar-refractivity contribution in [2.75, 3.05) is 0 Å². The maximum absolute atomic E-state index is 14.6. The molecule has 1 fully saturated rings. The molecule has 5 aromatic heterocycles. The van der Waals surface area contributed by atoms with Crippen LogP contribution in [0.3, 0.4) is 0 Å². The van der Waals surface area contributed by atoms with Crippen molar-refractivity contribution in [3.8, 4) is 39.7 Å². The van der Waals surface area contributed by atoms with E-state index in [1.807, 2.05) is 18.2 Å². The molecule has 1 aliphatic rings. The molecular formula is C29H24FN7O. The first-order valence-electron chi connectivity index (χ1n) is 12.8. The third-order valence-corrected chi connectivity index (χ3v) is 7.04. The number of aromatic amines is 2. The molecule has 0 atom stereocenters. The van der Waals surface area contributed by atoms with Crippen LogP contribution in [0.4, 0.5) is 4.39 Å². The summed E-state index contributed by atoms with van der Waals surface area (Å²) in [7, 11) is 0. The number of ether oxygens (including phenoxy) is 1. The van der Waals surface area contributed by atoms with Gasteiger partial charge in [-0.3, -0.25) is 10.1 Å². The van der Waals surface area contributed by atoms with Crippen molar-refractivity contribution < 1.29 is 9.13 Å². The number of benzene rings is 1. The van der Waals surface area contributed by atoms with E-state index in [2.05, 4.69) is 25.1 Å². The van der Waals surface area contributed by atoms with Crippen LogP contribution in [0.5, 0.6) is 5.75 Å². The van der Waals surface area contributed by atoms with Crippen molar-refractivity contribution in [2.45, 2.75) is 38.2 Å². The Kier molecular flexibility index (Phi) is 5.53. The summed E-state index contributed by atoms with van der Waals surface area (Å²) in [4.78, 5) is 21.7. The van der Waals surface area contributed by atoms with Crippen LogP contribution >= 0.6 is 0 Å². The van der Waals surface area contributed by atoms with E-state index >= 15 is 0 Å². The van der Waals surface area contributed by atoms with Crippen LogP contribution in [-0.4, -0.2) is 41.2 Å². The molecule has 0 spiro atoms. The second-order valence-electron chi connectivity index (χ2n) is 9.57. The Hall–Kier alpha value is -4.66. The van der Waals surface area contributed by atoms with Gasteiger partial charge in [0.25, 0.3) is 0 Å². The summed E-state index contributed by atoms with van der Waals surface area (Å²) < 4.78 is 20.8. The summed E-state index contributed by atoms with van der Waals surface area (Å²) in [5.74, 6) is 0.942. The number of imidazole rings is 1. The highest BCUT2D eigenvalue weighted by molar-refractivity contribution is 5.95. The molecule has 1 aliphatic carbocycles. The van der Waals surface area contributed by atoms with Crippen LogP contribution in [0.1, 0.15) is 32.1 Å². The van der Waals surface area contributed by atoms with Gasteiger partial charge in [0.1, 0.15) is 22.6 Å². The fraction of sp³-hybridized carbons (Fsp3) is 0.207. The van der Waals surface area contributed by atoms with Gasteiger partial charge in [-0.1, -0.05) is 24.6 Å². The minimum Gasteiger partial charge on any atom is -0.489 e. The van der Waals surface area contributed by atoms with E-state index in [9.17, 15) is 4.39 Å². The molecule has 0 saturated heterocycles. The van der Waals surface area contributed by atoms with E-state index in [0.29, 0.717) is 39.3 Å². The van der Waals surface area contributed by atoms with Gasteiger partial charge in [-0.15, -0.1) is 0 Å². The van der Waals surface area contributed by atoms with Crippen LogP contribution in [-0.2, 0) is 0 Å². The highest BCUT2D eigenvalue weighted by atomic mass is 19.1. The fourth-order valence-electron chi connectivity index (χ4n) is 5.14. The number of pyridine rings is 3. The summed E-state index contributed by atoms with van der Waals surface area (Å²) in [5, 5.41) is 7.52. The Morgan fingerprint density at radius 2 is 1.79 bits per heavy atom. The van der Waals surface area contributed by atoms with Gasteiger partial charge in [-0.25, -0.2) is 19.3 Å². The van der Waals surface area contributed by atoms with Crippen molar-refractivity contribution >= 4 is 22.2 Å². The lowest BCUT2D eigenvalue weighted by molar-refractivity contribution is 0.154. The Morgan fingerprint density at radius 1 is 0.895 bits per heavy atom. The molecule has 1 saturated carbocycles. The van der Waals surface area contributed by atoms with Crippen molar-refractivity contribution in [1.82, 2.24) is 35.1 Å². The Morgan fingerprint density at radius 3 is 2.68 bits per heavy atom. The first kappa shape index (κ1) is 22.5. The monoisotopic (exact) mass is 505 g/mol. The molecule has 0 amide bonds. The smallest absolute Gasteiger partial charge is 0.162 e. The topological polar surface area (TPSA) is 105 Å². The van der Waals surface area contributed by atoms with Crippen LogP contribution < -0.4 is 4.74 Å². The Bertz CT molecular complexity index is 1770. The van der Waals surface area contributed by atoms with E-state index in [1.54, 1.807) is 42.9 Å². The number of rotatable bonds is 5. The van der Waals surface area contributed by atoms with E-state index < -0.39 is 0 Å². The highest BCUT2D eigenvalue weighted by Gasteiger charge is 2.19. The number of nitrogens with zero attached hydrogens (tertiary/aromatic N) is 5. The number of nitrogens with one attached hydrogen (secondary N) is 2. The Balaban J connectivity index is 1.26. The molecule has 0 unspecified atom stereocenters. The van der Waals surface area contributed by atoms with Crippen molar-refractivity contribution in [3.63, 3.8) is 0 Å². The maximum Gasteiger partial charge on any atom is 0.162 e. The molecular weight excluding hydrogens is 481 g/mol. The van der Waals surface area contributed by atoms with Gasteiger partial charge in [0, 0.05) is 29.1 Å². The molecule has 5 heterocycles. The van der Waals surface area contributed by atoms with Gasteiger partial charge >= 0.3 is 0 Å². The van der Waals surface area contributed by atoms with Crippen LogP contribution in [0, 0.1) is 5.82 Å². The van der Waals surface area contributed by atoms with Crippen molar-refractivity contribution in [2.24, 2.45) is 0 Å². The number of H-pyrrole nitrogens is 2. The van der Waals surface area contributed by atoms with Gasteiger partial charge in [0.05, 0.1) is 23.5 Å². The zero-order chi connectivity index (χ0) is 25.5. The van der Waals surface area contributed by atoms with Crippen molar-refractivity contribution in [3.05, 3.63) is 72.9 Å². The third-order valence-electron chi connectivity index (χ3n) is 7.04. The van der Waals surface area contributed by atoms with Crippen LogP contribution in [0.15, 0.2) is 67.1 Å². The van der Waals surface area contributed by atoms with E-state index in [1.165, 1.54) is 25.3 Å². The average Bonchev–Trinajstić information content (AvgIpc) is 3.58. The molecule has 2 N–H and O–H groups in total. The zero-order valence-electron chi connectivity index (χ0n) is 20.5. The second kappa shape index (κ2) is 9.33. The molecule has 188 valence electrons. The standard InChI is InChI=1S/C29H24FN7O/c30-22-9-5-4-8-20(22)21-12-13-32-28-25(21)34-29(35-28)27-26-24(36-37-27)11-10-23(33-26)17-14-19(16-31-15-17)38-18-6-2-1-3-7-18/h4-5,8-16,18H,1-3,6-7H2,(H,36,37)(H,32,34,35). The first-order chi connectivity index (χ1) is 18.7. The van der Waals surface area contributed by atoms with E-state index in [4.69, 9.17) is 14.7 Å². The molecule has 8 nitrogen and oxygen atoms in total. The number of fused-ring (bicyclic) bond motifs is 2. The minimum atomic E-state index is -0.315. The summed E-state index contributed by atoms with van der Waals surface area (Å²) in [5.41, 5.74) is 5.84. The van der Waals surface area contributed by atoms with Crippen LogP contribution in [0.25, 0.3) is 56.1 Å². The van der Waals surface area contributed by atoms with Crippen LogP contribution in [0.2, 0.25) is 0 Å². The summed E-state index contributed by atoms with van der Waals surface area (Å²) in [6.07, 6.45) is 11.3. The number of aromatic nitrogens is 7. The first-order valence-corrected chi connectivity index (χ1v) is 12.8. The molecule has 38 heavy (non-hydrogen) atoms. The summed E-state index contributed by atoms with van der Waals surface area (Å²) in [6, 6.07) is 14.3. The predicted octanol–water partition coefficient (Wildman–Crippen LogP) is 6.48. The SMILES string of the molecule is Fc1ccccc1-c1ccnc2[nH]c(-c3n[nH]c4ccc(-c5cncc(OC6CCCCC6)c5)nc34)nc12. The van der Waals surface area contributed by atoms with Gasteiger partial charge < -0.3 is 9.72 Å². The highest BCUT2D eigenvalue weighted by Crippen LogP contribution is 2.32. The molecule has 0 bridgehead atoms. The molecule has 1 aromatic carbocycles. The number of hydrogen-bond acceptors (Lipinski definition) is 6. The van der Waals surface area contributed by atoms with Gasteiger partial charge in [-0.2, -0.15) is 5.10 Å². The van der Waals surface area contributed by atoms with Gasteiger partial charge in [-0.05, 0) is 56.0 Å². The number of halogens is 1. The second-order valence-corrected chi connectivity index (χ2v) is 9.57. The molecule has 9 heteroatoms. The zero-order valence-corrected chi connectivity index (χ0v) is 20.5. The van der Waals surface area contributed by atoms with Crippen molar-refractivity contribution in [1.29, 1.82) is 0 Å². The predicted molar refractivity (Wildman–Crippen MR) is 143 cm³/mol. The molecule has 7 rings (SSSR count).